The molecule has 1 aliphatic heterocycles. The summed E-state index contributed by atoms with van der Waals surface area (Å²) in [6.07, 6.45) is 2.50. The van der Waals surface area contributed by atoms with E-state index in [9.17, 15) is 18.5 Å². The summed E-state index contributed by atoms with van der Waals surface area (Å²) in [4.78, 5) is 14.6. The third-order valence-corrected chi connectivity index (χ3v) is 5.28. The van der Waals surface area contributed by atoms with Crippen molar-refractivity contribution in [2.75, 3.05) is 37.3 Å². The number of sulfone groups is 1. The molecule has 0 aliphatic carbocycles. The molecule has 1 saturated heterocycles. The van der Waals surface area contributed by atoms with Crippen molar-refractivity contribution < 1.29 is 17.9 Å². The normalized spacial score (nSPS) is 16.1. The number of aromatic nitrogens is 1. The van der Waals surface area contributed by atoms with Gasteiger partial charge in [-0.25, -0.2) is 8.42 Å². The van der Waals surface area contributed by atoms with E-state index in [1.807, 2.05) is 4.90 Å². The highest BCUT2D eigenvalue weighted by Crippen LogP contribution is 2.35. The second kappa shape index (κ2) is 6.81. The van der Waals surface area contributed by atoms with Crippen molar-refractivity contribution in [3.8, 4) is 0 Å². The summed E-state index contributed by atoms with van der Waals surface area (Å²) < 4.78 is 28.6. The van der Waals surface area contributed by atoms with Gasteiger partial charge in [-0.3, -0.25) is 15.0 Å². The minimum atomic E-state index is -3.68. The maximum atomic E-state index is 11.9. The third-order valence-electron chi connectivity index (χ3n) is 4.15. The number of nitro benzene ring substituents is 1. The van der Waals surface area contributed by atoms with E-state index in [1.54, 1.807) is 18.2 Å². The maximum absolute atomic E-state index is 11.9. The predicted molar refractivity (Wildman–Crippen MR) is 90.2 cm³/mol. The molecule has 1 aliphatic rings. The zero-order valence-corrected chi connectivity index (χ0v) is 14.5. The average Bonchev–Trinajstić information content (AvgIpc) is 3.07. The minimum Gasteiger partial charge on any atom is -0.364 e. The number of benzene rings is 1. The number of rotatable bonds is 5. The van der Waals surface area contributed by atoms with Gasteiger partial charge in [-0.2, -0.15) is 0 Å². The Balaban J connectivity index is 1.80. The Morgan fingerprint density at radius 3 is 2.52 bits per heavy atom. The fourth-order valence-electron chi connectivity index (χ4n) is 2.94. The van der Waals surface area contributed by atoms with Gasteiger partial charge in [-0.1, -0.05) is 11.2 Å². The quantitative estimate of drug-likeness (QED) is 0.575. The molecule has 1 aromatic carbocycles. The highest BCUT2D eigenvalue weighted by Gasteiger charge is 2.30. The summed E-state index contributed by atoms with van der Waals surface area (Å²) in [5.74, 6) is 0. The number of nitrogens with zero attached hydrogens (tertiary/aromatic N) is 4. The summed E-state index contributed by atoms with van der Waals surface area (Å²) in [6.45, 7) is 3.15. The minimum absolute atomic E-state index is 0.250. The topological polar surface area (TPSA) is 110 Å². The molecule has 3 rings (SSSR count). The molecule has 9 nitrogen and oxygen atoms in total. The van der Waals surface area contributed by atoms with Crippen molar-refractivity contribution in [2.45, 2.75) is 11.4 Å². The molecule has 0 bridgehead atoms. The molecule has 0 amide bonds. The van der Waals surface area contributed by atoms with Gasteiger partial charge in [0.05, 0.1) is 10.6 Å². The lowest BCUT2D eigenvalue weighted by molar-refractivity contribution is -0.387. The van der Waals surface area contributed by atoms with Crippen molar-refractivity contribution in [2.24, 2.45) is 0 Å². The fraction of sp³-hybridized carbons (Fsp3) is 0.400. The van der Waals surface area contributed by atoms with Gasteiger partial charge in [0.2, 0.25) is 0 Å². The largest absolute Gasteiger partial charge is 0.364 e. The summed E-state index contributed by atoms with van der Waals surface area (Å²) in [6, 6.07) is 6.21. The molecule has 1 fully saturated rings. The Morgan fingerprint density at radius 1 is 1.24 bits per heavy atom. The second-order valence-corrected chi connectivity index (χ2v) is 7.89. The number of para-hydroxylation sites is 1. The molecule has 10 heteroatoms. The molecular formula is C15H18N4O5S. The van der Waals surface area contributed by atoms with Crippen LogP contribution in [0.3, 0.4) is 0 Å². The summed E-state index contributed by atoms with van der Waals surface area (Å²) >= 11 is 0. The molecule has 134 valence electrons. The smallest absolute Gasteiger partial charge is 0.311 e. The number of hydrogen-bond donors (Lipinski definition) is 0. The van der Waals surface area contributed by atoms with Crippen LogP contribution < -0.4 is 4.90 Å². The fourth-order valence-corrected chi connectivity index (χ4v) is 3.80. The Hall–Kier alpha value is -2.46. The van der Waals surface area contributed by atoms with Crippen LogP contribution in [0.15, 0.2) is 39.9 Å². The molecule has 2 aromatic rings. The molecule has 0 radical (unpaired) electrons. The average molecular weight is 366 g/mol. The number of anilines is 1. The van der Waals surface area contributed by atoms with Gasteiger partial charge in [0.15, 0.2) is 9.84 Å². The van der Waals surface area contributed by atoms with Crippen molar-refractivity contribution in [1.29, 1.82) is 0 Å². The first-order valence-electron chi connectivity index (χ1n) is 7.70. The van der Waals surface area contributed by atoms with Crippen LogP contribution >= 0.6 is 0 Å². The van der Waals surface area contributed by atoms with Gasteiger partial charge in [0.1, 0.15) is 16.8 Å². The van der Waals surface area contributed by atoms with E-state index in [4.69, 9.17) is 4.52 Å². The van der Waals surface area contributed by atoms with E-state index in [0.717, 1.165) is 11.9 Å². The van der Waals surface area contributed by atoms with Crippen molar-refractivity contribution in [1.82, 2.24) is 10.1 Å². The van der Waals surface area contributed by atoms with Gasteiger partial charge in [-0.05, 0) is 12.1 Å². The van der Waals surface area contributed by atoms with Crippen LogP contribution in [-0.4, -0.2) is 55.8 Å². The first-order chi connectivity index (χ1) is 11.9. The third kappa shape index (κ3) is 3.80. The molecule has 25 heavy (non-hydrogen) atoms. The van der Waals surface area contributed by atoms with Crippen LogP contribution in [0.5, 0.6) is 0 Å². The number of piperazine rings is 1. The predicted octanol–water partition coefficient (Wildman–Crippen LogP) is 1.31. The highest BCUT2D eigenvalue weighted by atomic mass is 32.2. The van der Waals surface area contributed by atoms with Crippen LogP contribution in [-0.2, 0) is 16.4 Å². The Bertz CT molecular complexity index is 858. The molecule has 0 spiro atoms. The maximum Gasteiger partial charge on any atom is 0.311 e. The lowest BCUT2D eigenvalue weighted by Gasteiger charge is -2.35. The highest BCUT2D eigenvalue weighted by molar-refractivity contribution is 7.90. The van der Waals surface area contributed by atoms with Crippen LogP contribution in [0.1, 0.15) is 5.69 Å². The van der Waals surface area contributed by atoms with Crippen LogP contribution in [0.4, 0.5) is 11.4 Å². The SMILES string of the molecule is CS(=O)(=O)c1cccc(N2CCN(Cc3ccon3)CC2)c1[N+](=O)[O-]. The van der Waals surface area contributed by atoms with E-state index in [1.165, 1.54) is 12.3 Å². The zero-order chi connectivity index (χ0) is 18.0. The molecule has 2 heterocycles. The molecule has 1 aromatic heterocycles. The molecular weight excluding hydrogens is 348 g/mol. The van der Waals surface area contributed by atoms with Crippen molar-refractivity contribution in [3.05, 3.63) is 46.3 Å². The Morgan fingerprint density at radius 2 is 1.96 bits per heavy atom. The van der Waals surface area contributed by atoms with E-state index >= 15 is 0 Å². The zero-order valence-electron chi connectivity index (χ0n) is 13.7. The standard InChI is InChI=1S/C15H18N4O5S/c1-25(22,23)14-4-2-3-13(15(14)19(20)21)18-8-6-17(7-9-18)11-12-5-10-24-16-12/h2-5,10H,6-9,11H2,1H3. The number of nitro groups is 1. The summed E-state index contributed by atoms with van der Waals surface area (Å²) in [5.41, 5.74) is 0.822. The van der Waals surface area contributed by atoms with E-state index < -0.39 is 14.8 Å². The van der Waals surface area contributed by atoms with Crippen molar-refractivity contribution >= 4 is 21.2 Å². The van der Waals surface area contributed by atoms with Gasteiger partial charge < -0.3 is 9.42 Å². The van der Waals surface area contributed by atoms with Gasteiger partial charge in [0, 0.05) is 45.0 Å². The molecule has 0 saturated carbocycles. The number of hydrogen-bond acceptors (Lipinski definition) is 8. The molecule has 0 unspecified atom stereocenters. The van der Waals surface area contributed by atoms with Crippen LogP contribution in [0, 0.1) is 10.1 Å². The summed E-state index contributed by atoms with van der Waals surface area (Å²) in [7, 11) is -3.68. The lowest BCUT2D eigenvalue weighted by atomic mass is 10.2. The first-order valence-corrected chi connectivity index (χ1v) is 9.59. The molecule has 0 atom stereocenters. The van der Waals surface area contributed by atoms with Gasteiger partial charge in [0.25, 0.3) is 0 Å². The van der Waals surface area contributed by atoms with Crippen LogP contribution in [0.25, 0.3) is 0 Å². The second-order valence-electron chi connectivity index (χ2n) is 5.91. The van der Waals surface area contributed by atoms with Gasteiger partial charge >= 0.3 is 5.69 Å². The lowest BCUT2D eigenvalue weighted by Crippen LogP contribution is -2.46. The van der Waals surface area contributed by atoms with Gasteiger partial charge in [-0.15, -0.1) is 0 Å². The Labute approximate surface area is 144 Å². The monoisotopic (exact) mass is 366 g/mol. The summed E-state index contributed by atoms with van der Waals surface area (Å²) in [5, 5.41) is 15.4. The Kier molecular flexibility index (Phi) is 4.73. The van der Waals surface area contributed by atoms with E-state index in [0.29, 0.717) is 38.4 Å². The molecule has 0 N–H and O–H groups in total. The first kappa shape index (κ1) is 17.4. The van der Waals surface area contributed by atoms with Crippen molar-refractivity contribution in [3.63, 3.8) is 0 Å². The van der Waals surface area contributed by atoms with E-state index in [-0.39, 0.29) is 10.6 Å². The van der Waals surface area contributed by atoms with E-state index in [2.05, 4.69) is 10.1 Å². The van der Waals surface area contributed by atoms with Crippen LogP contribution in [0.2, 0.25) is 0 Å².